The molecule has 1 N–H and O–H groups in total. The Morgan fingerprint density at radius 2 is 1.92 bits per heavy atom. The van der Waals surface area contributed by atoms with Gasteiger partial charge in [0, 0.05) is 31.2 Å². The van der Waals surface area contributed by atoms with Crippen molar-refractivity contribution in [3.63, 3.8) is 0 Å². The van der Waals surface area contributed by atoms with Crippen LogP contribution in [0.3, 0.4) is 0 Å². The minimum absolute atomic E-state index is 0.0843. The second kappa shape index (κ2) is 9.35. The molecule has 3 rings (SSSR count). The molecule has 0 aromatic heterocycles. The molecule has 0 aliphatic carbocycles. The number of carbonyl (C=O) groups is 1. The van der Waals surface area contributed by atoms with E-state index in [9.17, 15) is 4.79 Å². The number of amides is 1. The zero-order valence-electron chi connectivity index (χ0n) is 15.7. The number of hydrogen-bond acceptors (Lipinski definition) is 3. The molecule has 2 aliphatic rings. The summed E-state index contributed by atoms with van der Waals surface area (Å²) in [5.41, 5.74) is 2.06. The first-order valence-corrected chi connectivity index (χ1v) is 10.1. The van der Waals surface area contributed by atoms with Gasteiger partial charge in [0.25, 0.3) is 5.91 Å². The van der Waals surface area contributed by atoms with E-state index >= 15 is 0 Å². The van der Waals surface area contributed by atoms with E-state index in [1.807, 2.05) is 12.1 Å². The summed E-state index contributed by atoms with van der Waals surface area (Å²) in [7, 11) is 0. The molecule has 1 aromatic rings. The summed E-state index contributed by atoms with van der Waals surface area (Å²) in [4.78, 5) is 17.6. The quantitative estimate of drug-likeness (QED) is 0.861. The summed E-state index contributed by atoms with van der Waals surface area (Å²) < 4.78 is 0. The Morgan fingerprint density at radius 3 is 2.68 bits per heavy atom. The third-order valence-corrected chi connectivity index (χ3v) is 5.44. The van der Waals surface area contributed by atoms with E-state index in [-0.39, 0.29) is 5.91 Å². The molecule has 1 atom stereocenters. The summed E-state index contributed by atoms with van der Waals surface area (Å²) in [5.74, 6) is 0.0843. The van der Waals surface area contributed by atoms with Crippen molar-refractivity contribution >= 4 is 5.91 Å². The highest BCUT2D eigenvalue weighted by Crippen LogP contribution is 2.15. The number of carbonyl (C=O) groups excluding carboxylic acids is 1. The first-order valence-electron chi connectivity index (χ1n) is 10.1. The molecule has 2 fully saturated rings. The lowest BCUT2D eigenvalue weighted by atomic mass is 10.1. The molecule has 2 heterocycles. The van der Waals surface area contributed by atoms with Gasteiger partial charge in [-0.05, 0) is 63.0 Å². The van der Waals surface area contributed by atoms with Crippen LogP contribution in [-0.2, 0) is 6.54 Å². The van der Waals surface area contributed by atoms with Crippen molar-refractivity contribution in [2.24, 2.45) is 0 Å². The van der Waals surface area contributed by atoms with E-state index in [0.717, 1.165) is 38.2 Å². The van der Waals surface area contributed by atoms with Crippen LogP contribution in [0.15, 0.2) is 24.3 Å². The maximum Gasteiger partial charge on any atom is 0.251 e. The van der Waals surface area contributed by atoms with Crippen molar-refractivity contribution in [2.75, 3.05) is 32.7 Å². The zero-order chi connectivity index (χ0) is 17.5. The van der Waals surface area contributed by atoms with Gasteiger partial charge < -0.3 is 10.2 Å². The highest BCUT2D eigenvalue weighted by atomic mass is 16.1. The Morgan fingerprint density at radius 1 is 1.12 bits per heavy atom. The molecule has 2 aliphatic heterocycles. The van der Waals surface area contributed by atoms with E-state index in [1.165, 1.54) is 50.8 Å². The number of nitrogens with one attached hydrogen (secondary N) is 1. The summed E-state index contributed by atoms with van der Waals surface area (Å²) >= 11 is 0. The molecule has 4 heteroatoms. The van der Waals surface area contributed by atoms with Gasteiger partial charge in [0.2, 0.25) is 0 Å². The lowest BCUT2D eigenvalue weighted by Gasteiger charge is -2.20. The van der Waals surface area contributed by atoms with Crippen LogP contribution in [-0.4, -0.2) is 54.5 Å². The molecule has 0 radical (unpaired) electrons. The minimum Gasteiger partial charge on any atom is -0.348 e. The van der Waals surface area contributed by atoms with Crippen LogP contribution in [0.4, 0.5) is 0 Å². The van der Waals surface area contributed by atoms with Crippen molar-refractivity contribution in [1.29, 1.82) is 0 Å². The number of hydrogen-bond donors (Lipinski definition) is 1. The lowest BCUT2D eigenvalue weighted by molar-refractivity contribution is 0.0937. The van der Waals surface area contributed by atoms with Crippen molar-refractivity contribution in [3.8, 4) is 0 Å². The minimum atomic E-state index is 0.0843. The zero-order valence-corrected chi connectivity index (χ0v) is 15.7. The topological polar surface area (TPSA) is 35.6 Å². The van der Waals surface area contributed by atoms with Gasteiger partial charge in [-0.25, -0.2) is 0 Å². The molecule has 25 heavy (non-hydrogen) atoms. The molecule has 0 unspecified atom stereocenters. The van der Waals surface area contributed by atoms with E-state index in [0.29, 0.717) is 6.04 Å². The first-order chi connectivity index (χ1) is 12.2. The summed E-state index contributed by atoms with van der Waals surface area (Å²) in [6, 6.07) is 8.51. The SMILES string of the molecule is CCCN1CC[C@@H](NC(=O)c2cccc(CN3CCCCCC3)c2)C1. The van der Waals surface area contributed by atoms with Crippen molar-refractivity contribution < 1.29 is 4.79 Å². The largest absolute Gasteiger partial charge is 0.348 e. The Labute approximate surface area is 152 Å². The van der Waals surface area contributed by atoms with Crippen molar-refractivity contribution in [2.45, 2.75) is 58.0 Å². The van der Waals surface area contributed by atoms with E-state index in [4.69, 9.17) is 0 Å². The highest BCUT2D eigenvalue weighted by Gasteiger charge is 2.23. The molecule has 0 bridgehead atoms. The predicted octanol–water partition coefficient (Wildman–Crippen LogP) is 3.28. The van der Waals surface area contributed by atoms with Crippen LogP contribution >= 0.6 is 0 Å². The molecule has 0 spiro atoms. The van der Waals surface area contributed by atoms with E-state index in [1.54, 1.807) is 0 Å². The Balaban J connectivity index is 1.54. The fraction of sp³-hybridized carbons (Fsp3) is 0.667. The second-order valence-corrected chi connectivity index (χ2v) is 7.65. The maximum absolute atomic E-state index is 12.6. The molecule has 4 nitrogen and oxygen atoms in total. The fourth-order valence-electron chi connectivity index (χ4n) is 4.10. The molecule has 138 valence electrons. The maximum atomic E-state index is 12.6. The fourth-order valence-corrected chi connectivity index (χ4v) is 4.10. The molecule has 1 amide bonds. The Bertz CT molecular complexity index is 552. The van der Waals surface area contributed by atoms with Gasteiger partial charge >= 0.3 is 0 Å². The number of nitrogens with zero attached hydrogens (tertiary/aromatic N) is 2. The van der Waals surface area contributed by atoms with Crippen molar-refractivity contribution in [3.05, 3.63) is 35.4 Å². The van der Waals surface area contributed by atoms with Crippen LogP contribution < -0.4 is 5.32 Å². The number of rotatable bonds is 6. The summed E-state index contributed by atoms with van der Waals surface area (Å²) in [5, 5.41) is 3.23. The third kappa shape index (κ3) is 5.55. The van der Waals surface area contributed by atoms with E-state index in [2.05, 4.69) is 34.2 Å². The average Bonchev–Trinajstić information content (AvgIpc) is 2.89. The highest BCUT2D eigenvalue weighted by molar-refractivity contribution is 5.94. The molecule has 2 saturated heterocycles. The lowest BCUT2D eigenvalue weighted by Crippen LogP contribution is -2.37. The van der Waals surface area contributed by atoms with Gasteiger partial charge in [0.15, 0.2) is 0 Å². The normalized spacial score (nSPS) is 22.7. The summed E-state index contributed by atoms with van der Waals surface area (Å²) in [6.07, 6.45) is 7.56. The molecule has 1 aromatic carbocycles. The van der Waals surface area contributed by atoms with Crippen LogP contribution in [0, 0.1) is 0 Å². The van der Waals surface area contributed by atoms with Crippen LogP contribution in [0.1, 0.15) is 61.4 Å². The van der Waals surface area contributed by atoms with Gasteiger partial charge in [0.1, 0.15) is 0 Å². The smallest absolute Gasteiger partial charge is 0.251 e. The second-order valence-electron chi connectivity index (χ2n) is 7.65. The van der Waals surface area contributed by atoms with E-state index < -0.39 is 0 Å². The van der Waals surface area contributed by atoms with Gasteiger partial charge in [-0.2, -0.15) is 0 Å². The van der Waals surface area contributed by atoms with Crippen LogP contribution in [0.2, 0.25) is 0 Å². The third-order valence-electron chi connectivity index (χ3n) is 5.44. The summed E-state index contributed by atoms with van der Waals surface area (Å²) in [6.45, 7) is 8.78. The van der Waals surface area contributed by atoms with Crippen molar-refractivity contribution in [1.82, 2.24) is 15.1 Å². The predicted molar refractivity (Wildman–Crippen MR) is 103 cm³/mol. The first kappa shape index (κ1) is 18.4. The Kier molecular flexibility index (Phi) is 6.88. The van der Waals surface area contributed by atoms with Gasteiger partial charge in [0.05, 0.1) is 0 Å². The van der Waals surface area contributed by atoms with Gasteiger partial charge in [-0.3, -0.25) is 9.69 Å². The van der Waals surface area contributed by atoms with Gasteiger partial charge in [-0.15, -0.1) is 0 Å². The molecular weight excluding hydrogens is 310 g/mol. The number of benzene rings is 1. The molecular formula is C21H33N3O. The average molecular weight is 344 g/mol. The number of likely N-dealkylation sites (tertiary alicyclic amines) is 2. The monoisotopic (exact) mass is 343 g/mol. The van der Waals surface area contributed by atoms with Crippen LogP contribution in [0.25, 0.3) is 0 Å². The van der Waals surface area contributed by atoms with Gasteiger partial charge in [-0.1, -0.05) is 31.9 Å². The Hall–Kier alpha value is -1.39. The standard InChI is InChI=1S/C21H33N3O/c1-2-11-23-14-10-20(17-23)22-21(25)19-9-7-8-18(15-19)16-24-12-5-3-4-6-13-24/h7-9,15,20H,2-6,10-14,16-17H2,1H3,(H,22,25)/t20-/m1/s1. The van der Waals surface area contributed by atoms with Crippen LogP contribution in [0.5, 0.6) is 0 Å². The molecule has 0 saturated carbocycles.